The van der Waals surface area contributed by atoms with Gasteiger partial charge in [0.05, 0.1) is 11.0 Å². The number of nitrogens with zero attached hydrogens (tertiary/aromatic N) is 2. The Morgan fingerprint density at radius 2 is 0.818 bits per heavy atom. The van der Waals surface area contributed by atoms with Crippen molar-refractivity contribution in [2.24, 2.45) is 0 Å². The maximum atomic E-state index is 4.95. The van der Waals surface area contributed by atoms with Gasteiger partial charge in [-0.05, 0) is 114 Å². The number of rotatable bonds is 7. The molecule has 0 fully saturated rings. The first-order chi connectivity index (χ1) is 27.2. The third-order valence-electron chi connectivity index (χ3n) is 11.0. The largest absolute Gasteiger partial charge is 0.296 e. The van der Waals surface area contributed by atoms with Crippen molar-refractivity contribution in [3.05, 3.63) is 206 Å². The van der Waals surface area contributed by atoms with Crippen LogP contribution in [0.2, 0.25) is 0 Å². The predicted octanol–water partition coefficient (Wildman–Crippen LogP) is 14.2. The molecule has 10 rings (SSSR count). The number of benzene rings is 9. The van der Waals surface area contributed by atoms with E-state index in [1.807, 2.05) is 0 Å². The van der Waals surface area contributed by atoms with E-state index in [4.69, 9.17) is 4.98 Å². The van der Waals surface area contributed by atoms with Crippen LogP contribution < -0.4 is 0 Å². The molecule has 55 heavy (non-hydrogen) atoms. The van der Waals surface area contributed by atoms with Gasteiger partial charge in [0.15, 0.2) is 0 Å². The number of hydrogen-bond acceptors (Lipinski definition) is 1. The van der Waals surface area contributed by atoms with Gasteiger partial charge in [0, 0.05) is 12.1 Å². The van der Waals surface area contributed by atoms with Crippen molar-refractivity contribution in [2.75, 3.05) is 0 Å². The molecule has 0 aliphatic rings. The fraction of sp³-hybridized carbons (Fsp3) is 0.0377. The van der Waals surface area contributed by atoms with Gasteiger partial charge in [-0.25, -0.2) is 4.98 Å². The third kappa shape index (κ3) is 5.80. The molecule has 0 saturated carbocycles. The van der Waals surface area contributed by atoms with Crippen molar-refractivity contribution >= 4 is 32.6 Å². The highest BCUT2D eigenvalue weighted by molar-refractivity contribution is 6.22. The summed E-state index contributed by atoms with van der Waals surface area (Å²) in [6, 6.07) is 72.8. The number of hydrogen-bond donors (Lipinski definition) is 0. The lowest BCUT2D eigenvalue weighted by molar-refractivity contribution is 0.908. The molecule has 0 aliphatic heterocycles. The number of fused-ring (bicyclic) bond motifs is 3. The second kappa shape index (κ2) is 13.7. The van der Waals surface area contributed by atoms with E-state index in [1.54, 1.807) is 0 Å². The monoisotopic (exact) mass is 702 g/mol. The minimum atomic E-state index is 0.857. The Balaban J connectivity index is 1.19. The molecule has 0 atom stereocenters. The predicted molar refractivity (Wildman–Crippen MR) is 233 cm³/mol. The van der Waals surface area contributed by atoms with Crippen LogP contribution in [0, 0.1) is 0 Å². The molecule has 0 spiro atoms. The van der Waals surface area contributed by atoms with Crippen molar-refractivity contribution in [3.8, 4) is 61.3 Å². The van der Waals surface area contributed by atoms with Crippen LogP contribution in [-0.4, -0.2) is 9.55 Å². The zero-order valence-electron chi connectivity index (χ0n) is 30.7. The standard InChI is InChI=1S/C53H38N2/c1-2-51-54-49-22-11-12-23-50(49)55(51)44-31-28-40(29-32-44)52-45-20-9-10-21-46(45)53(39-26-24-38(25-27-39)36-14-5-3-6-15-36)48-35-43(30-33-47(48)52)42-19-13-18-41(34-42)37-16-7-4-8-17-37/h3-35H,2H2,1H3. The van der Waals surface area contributed by atoms with Gasteiger partial charge in [0.1, 0.15) is 5.82 Å². The molecule has 0 radical (unpaired) electrons. The third-order valence-corrected chi connectivity index (χ3v) is 11.0. The van der Waals surface area contributed by atoms with Gasteiger partial charge in [-0.3, -0.25) is 4.57 Å². The van der Waals surface area contributed by atoms with Crippen LogP contribution in [0.1, 0.15) is 12.7 Å². The fourth-order valence-electron chi connectivity index (χ4n) is 8.33. The molecule has 1 heterocycles. The second-order valence-electron chi connectivity index (χ2n) is 14.2. The van der Waals surface area contributed by atoms with Crippen molar-refractivity contribution < 1.29 is 0 Å². The summed E-state index contributed by atoms with van der Waals surface area (Å²) in [7, 11) is 0. The molecule has 10 aromatic rings. The van der Waals surface area contributed by atoms with Crippen LogP contribution in [0.5, 0.6) is 0 Å². The van der Waals surface area contributed by atoms with Crippen LogP contribution >= 0.6 is 0 Å². The summed E-state index contributed by atoms with van der Waals surface area (Å²) in [6.07, 6.45) is 0.857. The molecule has 0 unspecified atom stereocenters. The zero-order valence-corrected chi connectivity index (χ0v) is 30.7. The Labute approximate surface area is 321 Å². The summed E-state index contributed by atoms with van der Waals surface area (Å²) in [6.45, 7) is 2.17. The molecule has 9 aromatic carbocycles. The van der Waals surface area contributed by atoms with E-state index < -0.39 is 0 Å². The highest BCUT2D eigenvalue weighted by Gasteiger charge is 2.19. The van der Waals surface area contributed by atoms with Gasteiger partial charge in [0.2, 0.25) is 0 Å². The van der Waals surface area contributed by atoms with E-state index in [-0.39, 0.29) is 0 Å². The van der Waals surface area contributed by atoms with E-state index >= 15 is 0 Å². The fourth-order valence-corrected chi connectivity index (χ4v) is 8.33. The van der Waals surface area contributed by atoms with Crippen molar-refractivity contribution in [2.45, 2.75) is 13.3 Å². The lowest BCUT2D eigenvalue weighted by Gasteiger charge is -2.19. The smallest absolute Gasteiger partial charge is 0.114 e. The van der Waals surface area contributed by atoms with Crippen LogP contribution in [-0.2, 0) is 6.42 Å². The van der Waals surface area contributed by atoms with Crippen molar-refractivity contribution in [3.63, 3.8) is 0 Å². The van der Waals surface area contributed by atoms with E-state index in [1.165, 1.54) is 77.2 Å². The average Bonchev–Trinajstić information content (AvgIpc) is 3.65. The number of aryl methyl sites for hydroxylation is 1. The Morgan fingerprint density at radius 1 is 0.364 bits per heavy atom. The number of imidazole rings is 1. The first kappa shape index (κ1) is 32.6. The minimum absolute atomic E-state index is 0.857. The normalized spacial score (nSPS) is 11.4. The Hall–Kier alpha value is -7.03. The van der Waals surface area contributed by atoms with Crippen LogP contribution in [0.3, 0.4) is 0 Å². The van der Waals surface area contributed by atoms with Crippen LogP contribution in [0.15, 0.2) is 200 Å². The topological polar surface area (TPSA) is 17.8 Å². The lowest BCUT2D eigenvalue weighted by atomic mass is 9.84. The number of aromatic nitrogens is 2. The summed E-state index contributed by atoms with van der Waals surface area (Å²) >= 11 is 0. The molecule has 1 aromatic heterocycles. The average molecular weight is 703 g/mol. The summed E-state index contributed by atoms with van der Waals surface area (Å²) in [4.78, 5) is 4.95. The van der Waals surface area contributed by atoms with Crippen molar-refractivity contribution in [1.82, 2.24) is 9.55 Å². The number of para-hydroxylation sites is 2. The van der Waals surface area contributed by atoms with Gasteiger partial charge in [-0.1, -0.05) is 171 Å². The first-order valence-corrected chi connectivity index (χ1v) is 19.1. The Kier molecular flexibility index (Phi) is 8.15. The summed E-state index contributed by atoms with van der Waals surface area (Å²) in [5, 5.41) is 4.96. The molecule has 0 bridgehead atoms. The van der Waals surface area contributed by atoms with Crippen molar-refractivity contribution in [1.29, 1.82) is 0 Å². The van der Waals surface area contributed by atoms with Gasteiger partial charge in [-0.2, -0.15) is 0 Å². The lowest BCUT2D eigenvalue weighted by Crippen LogP contribution is -2.00. The van der Waals surface area contributed by atoms with E-state index in [2.05, 4.69) is 212 Å². The highest BCUT2D eigenvalue weighted by Crippen LogP contribution is 2.45. The molecule has 2 nitrogen and oxygen atoms in total. The zero-order chi connectivity index (χ0) is 36.7. The Bertz CT molecular complexity index is 2970. The summed E-state index contributed by atoms with van der Waals surface area (Å²) in [5.41, 5.74) is 15.4. The quantitative estimate of drug-likeness (QED) is 0.151. The molecular weight excluding hydrogens is 665 g/mol. The maximum absolute atomic E-state index is 4.95. The van der Waals surface area contributed by atoms with E-state index in [0.717, 1.165) is 29.0 Å². The van der Waals surface area contributed by atoms with Crippen LogP contribution in [0.25, 0.3) is 93.9 Å². The van der Waals surface area contributed by atoms with E-state index in [9.17, 15) is 0 Å². The van der Waals surface area contributed by atoms with Gasteiger partial charge in [0.25, 0.3) is 0 Å². The van der Waals surface area contributed by atoms with Gasteiger partial charge < -0.3 is 0 Å². The molecule has 0 saturated heterocycles. The molecule has 0 N–H and O–H groups in total. The second-order valence-corrected chi connectivity index (χ2v) is 14.2. The highest BCUT2D eigenvalue weighted by atomic mass is 15.1. The molecule has 2 heteroatoms. The van der Waals surface area contributed by atoms with Crippen LogP contribution in [0.4, 0.5) is 0 Å². The first-order valence-electron chi connectivity index (χ1n) is 19.1. The van der Waals surface area contributed by atoms with E-state index in [0.29, 0.717) is 0 Å². The molecular formula is C53H38N2. The molecule has 260 valence electrons. The Morgan fingerprint density at radius 3 is 1.49 bits per heavy atom. The molecule has 0 amide bonds. The SMILES string of the molecule is CCc1nc2ccccc2n1-c1ccc(-c2c3ccccc3c(-c3ccc(-c4ccccc4)cc3)c3cc(-c4cccc(-c5ccccc5)c4)ccc23)cc1. The van der Waals surface area contributed by atoms with Gasteiger partial charge >= 0.3 is 0 Å². The summed E-state index contributed by atoms with van der Waals surface area (Å²) < 4.78 is 2.30. The van der Waals surface area contributed by atoms with Gasteiger partial charge in [-0.15, -0.1) is 0 Å². The summed E-state index contributed by atoms with van der Waals surface area (Å²) in [5.74, 6) is 1.07. The minimum Gasteiger partial charge on any atom is -0.296 e. The maximum Gasteiger partial charge on any atom is 0.114 e. The molecule has 0 aliphatic carbocycles.